The molecule has 4 nitrogen and oxygen atoms in total. The normalized spacial score (nSPS) is 18.7. The van der Waals surface area contributed by atoms with Gasteiger partial charge in [-0.05, 0) is 80.7 Å². The van der Waals surface area contributed by atoms with Crippen molar-refractivity contribution >= 4 is 17.3 Å². The quantitative estimate of drug-likeness (QED) is 0.522. The van der Waals surface area contributed by atoms with Gasteiger partial charge in [-0.1, -0.05) is 38.1 Å². The average Bonchev–Trinajstić information content (AvgIpc) is 3.19. The van der Waals surface area contributed by atoms with Gasteiger partial charge in [0.15, 0.2) is 5.11 Å². The molecule has 4 rings (SSSR count). The van der Waals surface area contributed by atoms with Crippen molar-refractivity contribution in [2.45, 2.75) is 53.6 Å². The highest BCUT2D eigenvalue weighted by Crippen LogP contribution is 2.42. The van der Waals surface area contributed by atoms with Crippen LogP contribution in [0.3, 0.4) is 0 Å². The number of nitrogens with one attached hydrogen (secondary N) is 1. The SMILES string of the molecule is Cc1cccc(C)c1-n1c(C)cc(C2C(c3ccccn3)NC(=S)N2CC(C)C)c1C. The fourth-order valence-corrected chi connectivity index (χ4v) is 5.24. The topological polar surface area (TPSA) is 33.1 Å². The van der Waals surface area contributed by atoms with Gasteiger partial charge in [0.2, 0.25) is 0 Å². The molecule has 1 N–H and O–H groups in total. The minimum absolute atomic E-state index is 0.0272. The number of pyridine rings is 1. The third kappa shape index (κ3) is 3.87. The van der Waals surface area contributed by atoms with Crippen molar-refractivity contribution in [3.8, 4) is 5.69 Å². The first-order chi connectivity index (χ1) is 14.8. The molecule has 0 bridgehead atoms. The predicted octanol–water partition coefficient (Wildman–Crippen LogP) is 5.73. The second-order valence-electron chi connectivity index (χ2n) is 9.08. The lowest BCUT2D eigenvalue weighted by molar-refractivity contribution is 0.287. The molecule has 3 aromatic rings. The first-order valence-electron chi connectivity index (χ1n) is 11.0. The molecule has 0 amide bonds. The Balaban J connectivity index is 1.88. The minimum atomic E-state index is 0.0272. The lowest BCUT2D eigenvalue weighted by Crippen LogP contribution is -2.33. The largest absolute Gasteiger partial charge is 0.352 e. The van der Waals surface area contributed by atoms with Crippen LogP contribution in [-0.2, 0) is 0 Å². The standard InChI is InChI=1S/C26H32N4S/c1-16(2)15-29-25(23(28-26(29)31)22-12-7-8-13-27-22)21-14-19(5)30(20(21)6)24-17(3)10-9-11-18(24)4/h7-14,16,23,25H,15H2,1-6H3,(H,28,31). The van der Waals surface area contributed by atoms with Gasteiger partial charge in [-0.2, -0.15) is 0 Å². The molecule has 0 saturated carbocycles. The van der Waals surface area contributed by atoms with Gasteiger partial charge in [-0.15, -0.1) is 0 Å². The maximum atomic E-state index is 5.81. The van der Waals surface area contributed by atoms with Gasteiger partial charge in [0, 0.05) is 24.1 Å². The van der Waals surface area contributed by atoms with Crippen LogP contribution in [-0.4, -0.2) is 26.1 Å². The van der Waals surface area contributed by atoms with Gasteiger partial charge in [0.05, 0.1) is 23.5 Å². The van der Waals surface area contributed by atoms with E-state index >= 15 is 0 Å². The van der Waals surface area contributed by atoms with Crippen molar-refractivity contribution < 1.29 is 0 Å². The van der Waals surface area contributed by atoms with Crippen molar-refractivity contribution in [3.63, 3.8) is 0 Å². The van der Waals surface area contributed by atoms with E-state index in [4.69, 9.17) is 12.2 Å². The first-order valence-corrected chi connectivity index (χ1v) is 11.4. The monoisotopic (exact) mass is 432 g/mol. The number of hydrogen-bond acceptors (Lipinski definition) is 2. The number of hydrogen-bond donors (Lipinski definition) is 1. The molecule has 1 aromatic carbocycles. The van der Waals surface area contributed by atoms with Crippen LogP contribution >= 0.6 is 12.2 Å². The molecule has 162 valence electrons. The second-order valence-corrected chi connectivity index (χ2v) is 9.46. The zero-order valence-corrected chi connectivity index (χ0v) is 20.1. The molecule has 31 heavy (non-hydrogen) atoms. The lowest BCUT2D eigenvalue weighted by atomic mass is 9.96. The molecule has 0 radical (unpaired) electrons. The smallest absolute Gasteiger partial charge is 0.170 e. The Morgan fingerprint density at radius 1 is 1.03 bits per heavy atom. The number of aromatic nitrogens is 2. The van der Waals surface area contributed by atoms with E-state index in [9.17, 15) is 0 Å². The molecule has 2 aromatic heterocycles. The third-order valence-corrected chi connectivity index (χ3v) is 6.56. The Labute approximate surface area is 191 Å². The van der Waals surface area contributed by atoms with E-state index in [1.807, 2.05) is 12.3 Å². The highest BCUT2D eigenvalue weighted by Gasteiger charge is 2.41. The highest BCUT2D eigenvalue weighted by atomic mass is 32.1. The number of thiocarbonyl (C=S) groups is 1. The van der Waals surface area contributed by atoms with Crippen molar-refractivity contribution in [2.24, 2.45) is 5.92 Å². The predicted molar refractivity (Wildman–Crippen MR) is 132 cm³/mol. The zero-order chi connectivity index (χ0) is 22.3. The Kier molecular flexibility index (Phi) is 5.89. The number of para-hydroxylation sites is 1. The summed E-state index contributed by atoms with van der Waals surface area (Å²) in [6, 6.07) is 15.1. The molecular weight excluding hydrogens is 400 g/mol. The van der Waals surface area contributed by atoms with Gasteiger partial charge in [0.25, 0.3) is 0 Å². The van der Waals surface area contributed by atoms with E-state index in [1.54, 1.807) is 0 Å². The minimum Gasteiger partial charge on any atom is -0.352 e. The highest BCUT2D eigenvalue weighted by molar-refractivity contribution is 7.80. The van der Waals surface area contributed by atoms with E-state index in [0.29, 0.717) is 5.92 Å². The second kappa shape index (κ2) is 8.46. The molecule has 1 aliphatic heterocycles. The Morgan fingerprint density at radius 2 is 1.74 bits per heavy atom. The fraction of sp³-hybridized carbons (Fsp3) is 0.385. The van der Waals surface area contributed by atoms with Crippen LogP contribution in [0, 0.1) is 33.6 Å². The summed E-state index contributed by atoms with van der Waals surface area (Å²) in [6.45, 7) is 14.2. The first kappa shape index (κ1) is 21.6. The summed E-state index contributed by atoms with van der Waals surface area (Å²) in [5.41, 5.74) is 8.69. The number of rotatable bonds is 5. The van der Waals surface area contributed by atoms with E-state index < -0.39 is 0 Å². The molecule has 0 spiro atoms. The molecule has 2 atom stereocenters. The van der Waals surface area contributed by atoms with Crippen LogP contribution < -0.4 is 5.32 Å². The van der Waals surface area contributed by atoms with Crippen LogP contribution in [0.1, 0.15) is 59.7 Å². The summed E-state index contributed by atoms with van der Waals surface area (Å²) < 4.78 is 2.41. The Bertz CT molecular complexity index is 1080. The van der Waals surface area contributed by atoms with E-state index in [-0.39, 0.29) is 12.1 Å². The third-order valence-electron chi connectivity index (χ3n) is 6.21. The summed E-state index contributed by atoms with van der Waals surface area (Å²) in [4.78, 5) is 7.03. The van der Waals surface area contributed by atoms with Gasteiger partial charge >= 0.3 is 0 Å². The molecule has 0 aliphatic carbocycles. The molecular formula is C26H32N4S. The summed E-state index contributed by atoms with van der Waals surface area (Å²) in [7, 11) is 0. The van der Waals surface area contributed by atoms with Crippen LogP contribution in [0.2, 0.25) is 0 Å². The van der Waals surface area contributed by atoms with Gasteiger partial charge < -0.3 is 14.8 Å². The fourth-order valence-electron chi connectivity index (χ4n) is 4.92. The van der Waals surface area contributed by atoms with Gasteiger partial charge in [-0.25, -0.2) is 0 Å². The molecule has 5 heteroatoms. The Hall–Kier alpha value is -2.66. The summed E-state index contributed by atoms with van der Waals surface area (Å²) >= 11 is 5.81. The molecule has 1 aliphatic rings. The number of nitrogens with zero attached hydrogens (tertiary/aromatic N) is 3. The Morgan fingerprint density at radius 3 is 2.35 bits per heavy atom. The number of benzene rings is 1. The van der Waals surface area contributed by atoms with E-state index in [1.165, 1.54) is 33.8 Å². The molecule has 2 unspecified atom stereocenters. The molecule has 3 heterocycles. The van der Waals surface area contributed by atoms with Crippen LogP contribution in [0.25, 0.3) is 5.69 Å². The summed E-state index contributed by atoms with van der Waals surface area (Å²) in [6.07, 6.45) is 1.86. The lowest BCUT2D eigenvalue weighted by Gasteiger charge is -2.29. The molecule has 1 fully saturated rings. The van der Waals surface area contributed by atoms with Crippen LogP contribution in [0.15, 0.2) is 48.7 Å². The maximum Gasteiger partial charge on any atom is 0.170 e. The summed E-state index contributed by atoms with van der Waals surface area (Å²) in [5.74, 6) is 0.506. The van der Waals surface area contributed by atoms with Crippen molar-refractivity contribution in [1.29, 1.82) is 0 Å². The van der Waals surface area contributed by atoms with Crippen molar-refractivity contribution in [3.05, 3.63) is 82.4 Å². The molecule has 1 saturated heterocycles. The number of aryl methyl sites for hydroxylation is 3. The average molecular weight is 433 g/mol. The summed E-state index contributed by atoms with van der Waals surface area (Å²) in [5, 5.41) is 4.39. The van der Waals surface area contributed by atoms with Gasteiger partial charge in [-0.3, -0.25) is 4.98 Å². The van der Waals surface area contributed by atoms with Crippen LogP contribution in [0.4, 0.5) is 0 Å². The van der Waals surface area contributed by atoms with Crippen molar-refractivity contribution in [2.75, 3.05) is 6.54 Å². The van der Waals surface area contributed by atoms with E-state index in [0.717, 1.165) is 17.4 Å². The van der Waals surface area contributed by atoms with E-state index in [2.05, 4.69) is 97.7 Å². The van der Waals surface area contributed by atoms with Crippen LogP contribution in [0.5, 0.6) is 0 Å². The van der Waals surface area contributed by atoms with Gasteiger partial charge in [0.1, 0.15) is 0 Å². The zero-order valence-electron chi connectivity index (χ0n) is 19.3. The maximum absolute atomic E-state index is 5.81. The van der Waals surface area contributed by atoms with Crippen molar-refractivity contribution in [1.82, 2.24) is 19.8 Å².